The minimum Gasteiger partial charge on any atom is -0.457 e. The van der Waals surface area contributed by atoms with Gasteiger partial charge in [0.05, 0.1) is 12.0 Å². The van der Waals surface area contributed by atoms with E-state index in [1.165, 1.54) is 51.9 Å². The Labute approximate surface area is 275 Å². The molecule has 5 N–H and O–H groups in total. The van der Waals surface area contributed by atoms with Gasteiger partial charge in [0.15, 0.2) is 0 Å². The molecule has 1 aliphatic heterocycles. The van der Waals surface area contributed by atoms with Crippen LogP contribution in [0.2, 0.25) is 0 Å². The molecule has 14 heteroatoms. The topological polar surface area (TPSA) is 197 Å². The van der Waals surface area contributed by atoms with Crippen LogP contribution in [0.25, 0.3) is 0 Å². The van der Waals surface area contributed by atoms with E-state index in [4.69, 9.17) is 9.29 Å². The molecule has 0 radical (unpaired) electrons. The van der Waals surface area contributed by atoms with Crippen LogP contribution in [0.15, 0.2) is 12.3 Å². The van der Waals surface area contributed by atoms with Gasteiger partial charge in [0, 0.05) is 5.92 Å². The molecule has 1 heterocycles. The van der Waals surface area contributed by atoms with Crippen LogP contribution in [-0.4, -0.2) is 72.2 Å². The molecule has 1 saturated heterocycles. The maximum Gasteiger partial charge on any atom is 0.397 e. The number of amides is 3. The second-order valence-corrected chi connectivity index (χ2v) is 13.9. The van der Waals surface area contributed by atoms with Crippen molar-refractivity contribution < 1.29 is 46.2 Å². The Balaban J connectivity index is 3.02. The largest absolute Gasteiger partial charge is 0.457 e. The first-order valence-corrected chi connectivity index (χ1v) is 18.0. The number of rotatable bonds is 18. The Hall–Kier alpha value is -2.55. The smallest absolute Gasteiger partial charge is 0.397 e. The van der Waals surface area contributed by atoms with Crippen molar-refractivity contribution in [1.82, 2.24) is 16.0 Å². The number of unbranched alkanes of at least 4 members (excludes halogenated alkanes) is 10. The molecule has 0 bridgehead atoms. The third-order valence-corrected chi connectivity index (χ3v) is 9.02. The summed E-state index contributed by atoms with van der Waals surface area (Å²) in [6, 6.07) is -2.90. The predicted molar refractivity (Wildman–Crippen MR) is 173 cm³/mol. The van der Waals surface area contributed by atoms with Crippen LogP contribution in [0.5, 0.6) is 0 Å². The maximum atomic E-state index is 13.4. The number of carbonyl (C=O) groups excluding carboxylic acids is 4. The highest BCUT2D eigenvalue weighted by Gasteiger charge is 2.40. The summed E-state index contributed by atoms with van der Waals surface area (Å²) < 4.78 is 41.9. The van der Waals surface area contributed by atoms with Gasteiger partial charge in [0.1, 0.15) is 30.0 Å². The zero-order chi connectivity index (χ0) is 35.0. The molecule has 13 nitrogen and oxygen atoms in total. The number of hydrogen-bond donors (Lipinski definition) is 5. The van der Waals surface area contributed by atoms with E-state index in [9.17, 15) is 32.7 Å². The summed E-state index contributed by atoms with van der Waals surface area (Å²) in [4.78, 5) is 52.8. The lowest BCUT2D eigenvalue weighted by Crippen LogP contribution is -2.59. The maximum absolute atomic E-state index is 13.4. The second kappa shape index (κ2) is 20.6. The molecule has 0 unspecified atom stereocenters. The highest BCUT2D eigenvalue weighted by atomic mass is 32.3. The fraction of sp³-hybridized carbons (Fsp3) is 0.812. The first-order chi connectivity index (χ1) is 21.5. The Kier molecular flexibility index (Phi) is 18.6. The molecular formula is C32H57N3O10S. The molecule has 0 aromatic rings. The van der Waals surface area contributed by atoms with Crippen LogP contribution in [0.1, 0.15) is 119 Å². The van der Waals surface area contributed by atoms with E-state index in [2.05, 4.69) is 33.6 Å². The van der Waals surface area contributed by atoms with Gasteiger partial charge < -0.3 is 25.8 Å². The fourth-order valence-electron chi connectivity index (χ4n) is 5.49. The number of aliphatic hydroxyl groups excluding tert-OH is 1. The van der Waals surface area contributed by atoms with Crippen LogP contribution >= 0.6 is 0 Å². The third-order valence-electron chi connectivity index (χ3n) is 8.47. The normalized spacial score (nSPS) is 24.1. The van der Waals surface area contributed by atoms with Gasteiger partial charge in [-0.05, 0) is 19.3 Å². The molecule has 0 aromatic heterocycles. The summed E-state index contributed by atoms with van der Waals surface area (Å²) in [7, 11) is -5.02. The number of hydrogen-bond acceptors (Lipinski definition) is 9. The van der Waals surface area contributed by atoms with E-state index in [1.807, 2.05) is 0 Å². The van der Waals surface area contributed by atoms with Gasteiger partial charge in [0.25, 0.3) is 0 Å². The number of nitrogens with one attached hydrogen (secondary N) is 3. The molecule has 0 aromatic carbocycles. The van der Waals surface area contributed by atoms with Crippen molar-refractivity contribution in [1.29, 1.82) is 0 Å². The van der Waals surface area contributed by atoms with Crippen molar-refractivity contribution in [2.75, 3.05) is 0 Å². The fourth-order valence-corrected chi connectivity index (χ4v) is 5.99. The van der Waals surface area contributed by atoms with Gasteiger partial charge in [-0.2, -0.15) is 8.42 Å². The second-order valence-electron chi connectivity index (χ2n) is 12.8. The average Bonchev–Trinajstić information content (AvgIpc) is 2.97. The molecule has 1 rings (SSSR count). The molecular weight excluding hydrogens is 618 g/mol. The van der Waals surface area contributed by atoms with E-state index in [-0.39, 0.29) is 0 Å². The van der Waals surface area contributed by atoms with Gasteiger partial charge in [0.2, 0.25) is 17.7 Å². The highest BCUT2D eigenvalue weighted by Crippen LogP contribution is 2.25. The lowest BCUT2D eigenvalue weighted by molar-refractivity contribution is -0.157. The molecule has 7 atom stereocenters. The Bertz CT molecular complexity index is 1110. The van der Waals surface area contributed by atoms with Crippen molar-refractivity contribution in [3.05, 3.63) is 12.3 Å². The lowest BCUT2D eigenvalue weighted by Gasteiger charge is -2.33. The summed E-state index contributed by atoms with van der Waals surface area (Å²) >= 11 is 0. The number of carbonyl (C=O) groups is 4. The lowest BCUT2D eigenvalue weighted by atomic mass is 9.86. The van der Waals surface area contributed by atoms with Crippen LogP contribution in [0.4, 0.5) is 0 Å². The first-order valence-electron chi connectivity index (χ1n) is 16.6. The zero-order valence-electron chi connectivity index (χ0n) is 28.4. The summed E-state index contributed by atoms with van der Waals surface area (Å²) in [5, 5.41) is 18.2. The van der Waals surface area contributed by atoms with Crippen molar-refractivity contribution in [2.45, 2.75) is 149 Å². The zero-order valence-corrected chi connectivity index (χ0v) is 29.2. The van der Waals surface area contributed by atoms with E-state index < -0.39 is 87.9 Å². The number of aliphatic hydroxyl groups is 1. The first kappa shape index (κ1) is 41.5. The van der Waals surface area contributed by atoms with Gasteiger partial charge in [-0.3, -0.25) is 18.9 Å². The monoisotopic (exact) mass is 675 g/mol. The summed E-state index contributed by atoms with van der Waals surface area (Å²) in [6.45, 7) is 13.3. The van der Waals surface area contributed by atoms with Crippen LogP contribution in [-0.2, 0) is 38.5 Å². The van der Waals surface area contributed by atoms with E-state index in [0.717, 1.165) is 32.6 Å². The van der Waals surface area contributed by atoms with Crippen molar-refractivity contribution in [2.24, 2.45) is 17.8 Å². The SMILES string of the molecule is C=C1NC(=O)[C@@H]([C@H](C)OS(=O)(=O)O)NC(=O)[C@H](C(C)C)NC(=O)[C@H](C)[C@H]([C@H](C)[C@H](O)CCCCCCCCCCCCC)OC1=O. The summed E-state index contributed by atoms with van der Waals surface area (Å²) in [5.74, 6) is -5.81. The molecule has 46 heavy (non-hydrogen) atoms. The minimum atomic E-state index is -5.02. The van der Waals surface area contributed by atoms with Gasteiger partial charge in [-0.1, -0.05) is 112 Å². The highest BCUT2D eigenvalue weighted by molar-refractivity contribution is 7.80. The van der Waals surface area contributed by atoms with E-state index in [0.29, 0.717) is 6.42 Å². The van der Waals surface area contributed by atoms with Crippen LogP contribution in [0.3, 0.4) is 0 Å². The standard InChI is InChI=1S/C32H57N3O10S/c1-8-9-10-11-12-13-14-15-16-17-18-19-25(36)21(4)28-22(5)29(37)34-26(20(2)3)30(38)35-27(24(7)45-46(41,42)43)31(39)33-23(6)32(40)44-28/h20-22,24-28,36H,6,8-19H2,1-5,7H3,(H,33,39)(H,34,37)(H,35,38)(H,41,42,43)/t21-,22-,24+,25-,26+,27-,28+/m1/s1. The molecule has 3 amide bonds. The molecule has 266 valence electrons. The molecule has 0 aliphatic carbocycles. The van der Waals surface area contributed by atoms with E-state index in [1.54, 1.807) is 20.8 Å². The Morgan fingerprint density at radius 3 is 1.83 bits per heavy atom. The van der Waals surface area contributed by atoms with Crippen molar-refractivity contribution in [3.8, 4) is 0 Å². The Morgan fingerprint density at radius 2 is 1.33 bits per heavy atom. The van der Waals surface area contributed by atoms with E-state index >= 15 is 0 Å². The van der Waals surface area contributed by atoms with Crippen molar-refractivity contribution in [3.63, 3.8) is 0 Å². The number of cyclic esters (lactones) is 1. The average molecular weight is 676 g/mol. The van der Waals surface area contributed by atoms with Crippen LogP contribution in [0, 0.1) is 17.8 Å². The van der Waals surface area contributed by atoms with Gasteiger partial charge in [-0.15, -0.1) is 0 Å². The van der Waals surface area contributed by atoms with Gasteiger partial charge >= 0.3 is 16.4 Å². The molecule has 1 aliphatic rings. The van der Waals surface area contributed by atoms with Crippen LogP contribution < -0.4 is 16.0 Å². The van der Waals surface area contributed by atoms with Gasteiger partial charge in [-0.25, -0.2) is 8.98 Å². The Morgan fingerprint density at radius 1 is 0.826 bits per heavy atom. The molecule has 1 fully saturated rings. The molecule has 0 saturated carbocycles. The number of ether oxygens (including phenoxy) is 1. The minimum absolute atomic E-state index is 0.433. The predicted octanol–water partition coefficient (Wildman–Crippen LogP) is 3.71. The number of esters is 1. The summed E-state index contributed by atoms with van der Waals surface area (Å²) in [5.41, 5.74) is -0.548. The third kappa shape index (κ3) is 14.9. The van der Waals surface area contributed by atoms with Crippen molar-refractivity contribution >= 4 is 34.1 Å². The quantitative estimate of drug-likeness (QED) is 0.0618. The molecule has 0 spiro atoms. The summed E-state index contributed by atoms with van der Waals surface area (Å²) in [6.07, 6.45) is 9.48.